The van der Waals surface area contributed by atoms with Gasteiger partial charge in [-0.2, -0.15) is 0 Å². The van der Waals surface area contributed by atoms with Crippen LogP contribution in [0.25, 0.3) is 0 Å². The number of ether oxygens (including phenoxy) is 2. The van der Waals surface area contributed by atoms with E-state index in [1.165, 1.54) is 0 Å². The molecule has 0 fully saturated rings. The molecule has 5 nitrogen and oxygen atoms in total. The Labute approximate surface area is 154 Å². The molecule has 0 aliphatic heterocycles. The molecule has 2 rings (SSSR count). The molecular formula is C21H25NO4. The summed E-state index contributed by atoms with van der Waals surface area (Å²) in [6, 6.07) is 14.2. The van der Waals surface area contributed by atoms with Crippen molar-refractivity contribution in [3.05, 3.63) is 54.1 Å². The van der Waals surface area contributed by atoms with E-state index in [9.17, 15) is 9.59 Å². The highest BCUT2D eigenvalue weighted by Gasteiger charge is 2.08. The zero-order valence-electron chi connectivity index (χ0n) is 15.5. The molecule has 0 saturated carbocycles. The monoisotopic (exact) mass is 355 g/mol. The number of hydrogen-bond acceptors (Lipinski definition) is 4. The molecule has 5 heteroatoms. The summed E-state index contributed by atoms with van der Waals surface area (Å²) in [5.74, 6) is 1.40. The van der Waals surface area contributed by atoms with Gasteiger partial charge in [0.25, 0.3) is 0 Å². The fourth-order valence-corrected chi connectivity index (χ4v) is 2.44. The van der Waals surface area contributed by atoms with E-state index in [-0.39, 0.29) is 17.8 Å². The molecule has 0 aromatic heterocycles. The highest BCUT2D eigenvalue weighted by Crippen LogP contribution is 2.18. The molecule has 0 spiro atoms. The third-order valence-corrected chi connectivity index (χ3v) is 3.73. The molecule has 0 radical (unpaired) electrons. The number of rotatable bonds is 9. The van der Waals surface area contributed by atoms with Gasteiger partial charge < -0.3 is 14.8 Å². The van der Waals surface area contributed by atoms with Crippen molar-refractivity contribution in [3.63, 3.8) is 0 Å². The van der Waals surface area contributed by atoms with Gasteiger partial charge in [0, 0.05) is 24.1 Å². The number of carbonyl (C=O) groups is 2. The minimum Gasteiger partial charge on any atom is -0.497 e. The Bertz CT molecular complexity index is 721. The van der Waals surface area contributed by atoms with Crippen LogP contribution in [0.1, 0.15) is 43.5 Å². The first kappa shape index (κ1) is 19.5. The van der Waals surface area contributed by atoms with Gasteiger partial charge in [0.15, 0.2) is 5.78 Å². The normalized spacial score (nSPS) is 10.5. The number of benzene rings is 2. The number of Topliss-reactive ketones (excluding diaryl/α,β-unsaturated/α-hetero) is 1. The largest absolute Gasteiger partial charge is 0.497 e. The zero-order chi connectivity index (χ0) is 18.9. The maximum Gasteiger partial charge on any atom is 0.224 e. The molecule has 1 N–H and O–H groups in total. The third kappa shape index (κ3) is 6.24. The first-order chi connectivity index (χ1) is 12.5. The number of amides is 1. The van der Waals surface area contributed by atoms with Crippen LogP contribution in [-0.2, 0) is 4.79 Å². The van der Waals surface area contributed by atoms with Crippen LogP contribution < -0.4 is 14.8 Å². The van der Waals surface area contributed by atoms with Gasteiger partial charge in [-0.25, -0.2) is 0 Å². The maximum atomic E-state index is 12.1. The van der Waals surface area contributed by atoms with Crippen molar-refractivity contribution in [1.29, 1.82) is 0 Å². The molecule has 0 heterocycles. The first-order valence-corrected chi connectivity index (χ1v) is 8.71. The fraction of sp³-hybridized carbons (Fsp3) is 0.333. The minimum absolute atomic E-state index is 0.0237. The second-order valence-corrected chi connectivity index (χ2v) is 6.24. The lowest BCUT2D eigenvalue weighted by molar-refractivity contribution is -0.116. The van der Waals surface area contributed by atoms with Crippen LogP contribution >= 0.6 is 0 Å². The van der Waals surface area contributed by atoms with E-state index in [4.69, 9.17) is 9.47 Å². The summed E-state index contributed by atoms with van der Waals surface area (Å²) in [4.78, 5) is 24.1. The first-order valence-electron chi connectivity index (χ1n) is 8.71. The van der Waals surface area contributed by atoms with Gasteiger partial charge in [-0.15, -0.1) is 0 Å². The fourth-order valence-electron chi connectivity index (χ4n) is 2.44. The number of hydrogen-bond donors (Lipinski definition) is 1. The number of carbonyl (C=O) groups excluding carboxylic acids is 2. The standard InChI is InChI=1S/C21H25NO4/c1-15(2)26-19-13-9-17(10-14-19)22-21(24)6-4-5-20(23)16-7-11-18(25-3)12-8-16/h7-15H,4-6H2,1-3H3,(H,22,24). The second-order valence-electron chi connectivity index (χ2n) is 6.24. The van der Waals surface area contributed by atoms with Crippen LogP contribution in [0, 0.1) is 0 Å². The molecule has 0 bridgehead atoms. The molecule has 1 amide bonds. The average Bonchev–Trinajstić information content (AvgIpc) is 2.63. The van der Waals surface area contributed by atoms with Crippen molar-refractivity contribution in [2.24, 2.45) is 0 Å². The van der Waals surface area contributed by atoms with Gasteiger partial charge in [0.05, 0.1) is 13.2 Å². The van der Waals surface area contributed by atoms with Crippen LogP contribution in [0.15, 0.2) is 48.5 Å². The summed E-state index contributed by atoms with van der Waals surface area (Å²) in [5, 5.41) is 2.83. The summed E-state index contributed by atoms with van der Waals surface area (Å²) in [6.07, 6.45) is 1.25. The van der Waals surface area contributed by atoms with Crippen molar-refractivity contribution < 1.29 is 19.1 Å². The average molecular weight is 355 g/mol. The molecule has 0 atom stereocenters. The van der Waals surface area contributed by atoms with E-state index in [1.54, 1.807) is 43.5 Å². The molecule has 0 aliphatic carbocycles. The lowest BCUT2D eigenvalue weighted by atomic mass is 10.1. The minimum atomic E-state index is -0.106. The van der Waals surface area contributed by atoms with Crippen LogP contribution in [0.3, 0.4) is 0 Å². The Morgan fingerprint density at radius 1 is 0.923 bits per heavy atom. The van der Waals surface area contributed by atoms with E-state index in [0.29, 0.717) is 36.3 Å². The Kier molecular flexibility index (Phi) is 7.21. The predicted octanol–water partition coefficient (Wildman–Crippen LogP) is 4.47. The van der Waals surface area contributed by atoms with E-state index in [0.717, 1.165) is 5.75 Å². The van der Waals surface area contributed by atoms with Crippen LogP contribution in [0.2, 0.25) is 0 Å². The summed E-state index contributed by atoms with van der Waals surface area (Å²) in [6.45, 7) is 3.92. The van der Waals surface area contributed by atoms with Crippen molar-refractivity contribution in [1.82, 2.24) is 0 Å². The lowest BCUT2D eigenvalue weighted by Gasteiger charge is -2.10. The van der Waals surface area contributed by atoms with Gasteiger partial charge in [0.1, 0.15) is 11.5 Å². The highest BCUT2D eigenvalue weighted by atomic mass is 16.5. The Morgan fingerprint density at radius 3 is 2.12 bits per heavy atom. The van der Waals surface area contributed by atoms with Crippen LogP contribution in [0.4, 0.5) is 5.69 Å². The highest BCUT2D eigenvalue weighted by molar-refractivity contribution is 5.96. The van der Waals surface area contributed by atoms with E-state index >= 15 is 0 Å². The van der Waals surface area contributed by atoms with Crippen molar-refractivity contribution in [2.75, 3.05) is 12.4 Å². The lowest BCUT2D eigenvalue weighted by Crippen LogP contribution is -2.12. The Morgan fingerprint density at radius 2 is 1.54 bits per heavy atom. The molecule has 0 unspecified atom stereocenters. The van der Waals surface area contributed by atoms with Gasteiger partial charge in [-0.3, -0.25) is 9.59 Å². The van der Waals surface area contributed by atoms with Gasteiger partial charge in [0.2, 0.25) is 5.91 Å². The molecule has 138 valence electrons. The van der Waals surface area contributed by atoms with E-state index < -0.39 is 0 Å². The molecule has 0 saturated heterocycles. The van der Waals surface area contributed by atoms with E-state index in [1.807, 2.05) is 26.0 Å². The number of anilines is 1. The third-order valence-electron chi connectivity index (χ3n) is 3.73. The Hall–Kier alpha value is -2.82. The number of ketones is 1. The SMILES string of the molecule is COc1ccc(C(=O)CCCC(=O)Nc2ccc(OC(C)C)cc2)cc1. The molecule has 2 aromatic carbocycles. The molecule has 2 aromatic rings. The van der Waals surface area contributed by atoms with Crippen LogP contribution in [0.5, 0.6) is 11.5 Å². The summed E-state index contributed by atoms with van der Waals surface area (Å²) in [5.41, 5.74) is 1.35. The summed E-state index contributed by atoms with van der Waals surface area (Å²) < 4.78 is 10.6. The second kappa shape index (κ2) is 9.61. The molecule has 0 aliphatic rings. The van der Waals surface area contributed by atoms with Crippen molar-refractivity contribution in [3.8, 4) is 11.5 Å². The number of methoxy groups -OCH3 is 1. The molecular weight excluding hydrogens is 330 g/mol. The van der Waals surface area contributed by atoms with Crippen LogP contribution in [-0.4, -0.2) is 24.9 Å². The van der Waals surface area contributed by atoms with E-state index in [2.05, 4.69) is 5.32 Å². The predicted molar refractivity (Wildman–Crippen MR) is 102 cm³/mol. The summed E-state index contributed by atoms with van der Waals surface area (Å²) in [7, 11) is 1.58. The Balaban J connectivity index is 1.75. The molecule has 26 heavy (non-hydrogen) atoms. The van der Waals surface area contributed by atoms with Crippen molar-refractivity contribution in [2.45, 2.75) is 39.2 Å². The quantitative estimate of drug-likeness (QED) is 0.674. The topological polar surface area (TPSA) is 64.6 Å². The zero-order valence-corrected chi connectivity index (χ0v) is 15.5. The van der Waals surface area contributed by atoms with Gasteiger partial charge in [-0.05, 0) is 68.8 Å². The maximum absolute atomic E-state index is 12.1. The van der Waals surface area contributed by atoms with Gasteiger partial charge in [-0.1, -0.05) is 0 Å². The smallest absolute Gasteiger partial charge is 0.224 e. The summed E-state index contributed by atoms with van der Waals surface area (Å²) >= 11 is 0. The number of nitrogens with one attached hydrogen (secondary N) is 1. The van der Waals surface area contributed by atoms with Crippen molar-refractivity contribution >= 4 is 17.4 Å². The van der Waals surface area contributed by atoms with Gasteiger partial charge >= 0.3 is 0 Å².